The molecule has 1 aliphatic heterocycles. The van der Waals surface area contributed by atoms with Crippen molar-refractivity contribution in [3.8, 4) is 11.1 Å². The zero-order valence-electron chi connectivity index (χ0n) is 19.0. The lowest BCUT2D eigenvalue weighted by atomic mass is 10.1. The Bertz CT molecular complexity index is 1460. The van der Waals surface area contributed by atoms with Gasteiger partial charge in [-0.3, -0.25) is 13.4 Å². The minimum Gasteiger partial charge on any atom is -0.306 e. The number of benzene rings is 1. The van der Waals surface area contributed by atoms with Gasteiger partial charge < -0.3 is 10.2 Å². The Morgan fingerprint density at radius 2 is 1.79 bits per heavy atom. The van der Waals surface area contributed by atoms with Gasteiger partial charge >= 0.3 is 0 Å². The van der Waals surface area contributed by atoms with Crippen molar-refractivity contribution in [3.63, 3.8) is 0 Å². The van der Waals surface area contributed by atoms with Crippen LogP contribution in [-0.2, 0) is 17.1 Å². The number of fused-ring (bicyclic) bond motifs is 1. The summed E-state index contributed by atoms with van der Waals surface area (Å²) in [4.78, 5) is 19.3. The van der Waals surface area contributed by atoms with Crippen molar-refractivity contribution in [1.82, 2.24) is 23.6 Å². The molecule has 1 fully saturated rings. The Morgan fingerprint density at radius 3 is 2.53 bits per heavy atom. The fraction of sp³-hybridized carbons (Fsp3) is 0.292. The van der Waals surface area contributed by atoms with Crippen LogP contribution < -0.4 is 5.32 Å². The number of aryl methyl sites for hydroxylation is 1. The molecule has 1 N–H and O–H groups in total. The van der Waals surface area contributed by atoms with Crippen molar-refractivity contribution >= 4 is 32.5 Å². The number of likely N-dealkylation sites (tertiary alicyclic amines) is 1. The summed E-state index contributed by atoms with van der Waals surface area (Å²) in [5.74, 6) is -0.0145. The summed E-state index contributed by atoms with van der Waals surface area (Å²) >= 11 is 0. The monoisotopic (exact) mass is 478 g/mol. The van der Waals surface area contributed by atoms with Crippen molar-refractivity contribution in [3.05, 3.63) is 66.9 Å². The van der Waals surface area contributed by atoms with Crippen LogP contribution >= 0.6 is 0 Å². The molecule has 34 heavy (non-hydrogen) atoms. The first-order chi connectivity index (χ1) is 16.3. The Balaban J connectivity index is 1.34. The first kappa shape index (κ1) is 22.3. The normalized spacial score (nSPS) is 15.6. The number of carbonyl (C=O) groups is 1. The van der Waals surface area contributed by atoms with Crippen LogP contribution in [-0.4, -0.2) is 63.3 Å². The van der Waals surface area contributed by atoms with Crippen LogP contribution in [0.15, 0.2) is 61.3 Å². The van der Waals surface area contributed by atoms with Gasteiger partial charge in [-0.1, -0.05) is 12.1 Å². The van der Waals surface area contributed by atoms with E-state index in [1.807, 2.05) is 38.5 Å². The average Bonchev–Trinajstić information content (AvgIpc) is 3.49. The number of piperidine rings is 1. The van der Waals surface area contributed by atoms with Crippen LogP contribution in [0.2, 0.25) is 0 Å². The first-order valence-electron chi connectivity index (χ1n) is 11.1. The summed E-state index contributed by atoms with van der Waals surface area (Å²) < 4.78 is 28.9. The second-order valence-electron chi connectivity index (χ2n) is 8.77. The Kier molecular flexibility index (Phi) is 5.70. The number of amides is 1. The summed E-state index contributed by atoms with van der Waals surface area (Å²) in [6, 6.07) is 9.33. The zero-order valence-corrected chi connectivity index (χ0v) is 19.9. The maximum atomic E-state index is 13.0. The molecule has 0 spiro atoms. The molecule has 1 amide bonds. The third-order valence-electron chi connectivity index (χ3n) is 6.31. The molecule has 0 bridgehead atoms. The highest BCUT2D eigenvalue weighted by molar-refractivity contribution is 7.90. The number of pyridine rings is 1. The molecule has 0 aliphatic carbocycles. The molecule has 1 aliphatic rings. The van der Waals surface area contributed by atoms with E-state index >= 15 is 0 Å². The lowest BCUT2D eigenvalue weighted by molar-refractivity contribution is 0.102. The molecule has 0 atom stereocenters. The highest BCUT2D eigenvalue weighted by Gasteiger charge is 2.30. The van der Waals surface area contributed by atoms with Crippen molar-refractivity contribution in [2.45, 2.75) is 18.1 Å². The largest absolute Gasteiger partial charge is 0.306 e. The number of nitrogens with zero attached hydrogens (tertiary/aromatic N) is 5. The van der Waals surface area contributed by atoms with Gasteiger partial charge in [0.25, 0.3) is 5.91 Å². The number of rotatable bonds is 5. The predicted octanol–water partition coefficient (Wildman–Crippen LogP) is 2.96. The van der Waals surface area contributed by atoms with Gasteiger partial charge in [0.1, 0.15) is 5.82 Å². The van der Waals surface area contributed by atoms with E-state index in [2.05, 4.69) is 20.3 Å². The lowest BCUT2D eigenvalue weighted by Gasteiger charge is -2.28. The minimum atomic E-state index is -3.54. The van der Waals surface area contributed by atoms with Crippen LogP contribution in [0.1, 0.15) is 23.2 Å². The molecule has 4 heterocycles. The second-order valence-corrected chi connectivity index (χ2v) is 10.9. The number of anilines is 1. The number of carbonyl (C=O) groups excluding carboxylic acids is 1. The van der Waals surface area contributed by atoms with Gasteiger partial charge in [0, 0.05) is 42.8 Å². The zero-order chi connectivity index (χ0) is 23.9. The van der Waals surface area contributed by atoms with Crippen LogP contribution in [0.4, 0.5) is 5.82 Å². The van der Waals surface area contributed by atoms with Gasteiger partial charge in [-0.05, 0) is 62.1 Å². The van der Waals surface area contributed by atoms with E-state index in [1.54, 1.807) is 23.1 Å². The molecular weight excluding hydrogens is 452 g/mol. The molecule has 1 aromatic carbocycles. The average molecular weight is 479 g/mol. The molecule has 3 aromatic heterocycles. The number of hydrogen-bond acceptors (Lipinski definition) is 6. The van der Waals surface area contributed by atoms with Gasteiger partial charge in [-0.2, -0.15) is 5.10 Å². The highest BCUT2D eigenvalue weighted by Crippen LogP contribution is 2.25. The van der Waals surface area contributed by atoms with Crippen molar-refractivity contribution in [2.24, 2.45) is 7.05 Å². The molecule has 9 nitrogen and oxygen atoms in total. The minimum absolute atomic E-state index is 0.266. The van der Waals surface area contributed by atoms with Crippen LogP contribution in [0.3, 0.4) is 0 Å². The van der Waals surface area contributed by atoms with Crippen LogP contribution in [0.25, 0.3) is 21.9 Å². The molecule has 4 aromatic rings. The van der Waals surface area contributed by atoms with E-state index in [0.717, 1.165) is 35.0 Å². The maximum Gasteiger partial charge on any atom is 0.258 e. The topological polar surface area (TPSA) is 102 Å². The molecule has 1 saturated heterocycles. The molecule has 0 unspecified atom stereocenters. The van der Waals surface area contributed by atoms with Crippen molar-refractivity contribution < 1.29 is 13.2 Å². The Morgan fingerprint density at radius 1 is 1.00 bits per heavy atom. The number of hydrogen-bond donors (Lipinski definition) is 1. The summed E-state index contributed by atoms with van der Waals surface area (Å²) in [5, 5.41) is 8.43. The molecular formula is C24H26N6O3S. The standard InChI is InChI=1S/C24H26N6O3S/c1-28-8-6-22(7-9-28)34(32,33)30-10-5-19(16-30)24(31)27-23-12-20-11-17(3-4-18(20)13-25-23)21-14-26-29(2)15-21/h3-5,10-16,22H,6-9H2,1-2H3,(H,25,27,31). The van der Waals surface area contributed by atoms with Crippen molar-refractivity contribution in [2.75, 3.05) is 25.5 Å². The van der Waals surface area contributed by atoms with Crippen molar-refractivity contribution in [1.29, 1.82) is 0 Å². The van der Waals surface area contributed by atoms with Gasteiger partial charge in [-0.25, -0.2) is 13.4 Å². The smallest absolute Gasteiger partial charge is 0.258 e. The summed E-state index contributed by atoms with van der Waals surface area (Å²) in [7, 11) is 0.315. The fourth-order valence-corrected chi connectivity index (χ4v) is 5.91. The summed E-state index contributed by atoms with van der Waals surface area (Å²) in [6.07, 6.45) is 9.43. The molecule has 10 heteroatoms. The third kappa shape index (κ3) is 4.34. The lowest BCUT2D eigenvalue weighted by Crippen LogP contribution is -2.38. The first-order valence-corrected chi connectivity index (χ1v) is 12.6. The molecule has 0 radical (unpaired) electrons. The van der Waals surface area contributed by atoms with Crippen LogP contribution in [0, 0.1) is 0 Å². The molecule has 0 saturated carbocycles. The molecule has 5 rings (SSSR count). The highest BCUT2D eigenvalue weighted by atomic mass is 32.2. The number of aromatic nitrogens is 4. The van der Waals surface area contributed by atoms with Crippen LogP contribution in [0.5, 0.6) is 0 Å². The Hall–Kier alpha value is -3.50. The molecule has 176 valence electrons. The number of nitrogens with one attached hydrogen (secondary N) is 1. The van der Waals surface area contributed by atoms with E-state index in [0.29, 0.717) is 18.7 Å². The maximum absolute atomic E-state index is 13.0. The fourth-order valence-electron chi connectivity index (χ4n) is 4.27. The SMILES string of the molecule is CN1CCC(S(=O)(=O)n2ccc(C(=O)Nc3cc4cc(-c5cnn(C)c5)ccc4cn3)c2)CC1. The van der Waals surface area contributed by atoms with E-state index in [4.69, 9.17) is 0 Å². The second kappa shape index (κ2) is 8.69. The summed E-state index contributed by atoms with van der Waals surface area (Å²) in [6.45, 7) is 1.49. The van der Waals surface area contributed by atoms with E-state index < -0.39 is 21.2 Å². The van der Waals surface area contributed by atoms with Gasteiger partial charge in [0.2, 0.25) is 10.0 Å². The van der Waals surface area contributed by atoms with E-state index in [-0.39, 0.29) is 5.56 Å². The van der Waals surface area contributed by atoms with E-state index in [1.165, 1.54) is 22.4 Å². The quantitative estimate of drug-likeness (QED) is 0.473. The third-order valence-corrected chi connectivity index (χ3v) is 8.44. The summed E-state index contributed by atoms with van der Waals surface area (Å²) in [5.41, 5.74) is 2.28. The van der Waals surface area contributed by atoms with Gasteiger partial charge in [0.05, 0.1) is 17.0 Å². The Labute approximate surface area is 198 Å². The van der Waals surface area contributed by atoms with Gasteiger partial charge in [-0.15, -0.1) is 0 Å². The van der Waals surface area contributed by atoms with E-state index in [9.17, 15) is 13.2 Å². The van der Waals surface area contributed by atoms with Gasteiger partial charge in [0.15, 0.2) is 0 Å². The predicted molar refractivity (Wildman–Crippen MR) is 131 cm³/mol.